The average molecular weight is 408 g/mol. The van der Waals surface area contributed by atoms with Gasteiger partial charge in [-0.3, -0.25) is 9.88 Å². The molecule has 0 aliphatic heterocycles. The quantitative estimate of drug-likeness (QED) is 0.423. The van der Waals surface area contributed by atoms with E-state index in [9.17, 15) is 0 Å². The largest absolute Gasteiger partial charge is 0.494 e. The van der Waals surface area contributed by atoms with Crippen LogP contribution in [0.1, 0.15) is 17.0 Å². The number of methoxy groups -OCH3 is 1. The summed E-state index contributed by atoms with van der Waals surface area (Å²) in [6.07, 6.45) is 1.79. The van der Waals surface area contributed by atoms with Gasteiger partial charge in [0.05, 0.1) is 23.4 Å². The van der Waals surface area contributed by atoms with Gasteiger partial charge in [0.2, 0.25) is 5.89 Å². The topological polar surface area (TPSA) is 51.4 Å². The molecule has 2 aromatic heterocycles. The molecule has 0 fully saturated rings. The fraction of sp³-hybridized carbons (Fsp3) is 0.217. The molecule has 2 aromatic carbocycles. The summed E-state index contributed by atoms with van der Waals surface area (Å²) in [6.45, 7) is 3.34. The molecule has 5 nitrogen and oxygen atoms in total. The molecule has 0 aliphatic rings. The maximum atomic E-state index is 6.29. The zero-order valence-electron chi connectivity index (χ0n) is 16.6. The van der Waals surface area contributed by atoms with Gasteiger partial charge in [-0.05, 0) is 43.8 Å². The highest BCUT2D eigenvalue weighted by Gasteiger charge is 2.16. The molecule has 2 heterocycles. The minimum atomic E-state index is 0.551. The summed E-state index contributed by atoms with van der Waals surface area (Å²) in [7, 11) is 3.73. The van der Waals surface area contributed by atoms with Gasteiger partial charge >= 0.3 is 0 Å². The molecule has 29 heavy (non-hydrogen) atoms. The number of halogens is 1. The summed E-state index contributed by atoms with van der Waals surface area (Å²) in [6, 6.07) is 15.6. The first-order chi connectivity index (χ1) is 14.1. The second kappa shape index (κ2) is 8.23. The third-order valence-electron chi connectivity index (χ3n) is 4.90. The lowest BCUT2D eigenvalue weighted by Crippen LogP contribution is -2.18. The lowest BCUT2D eigenvalue weighted by Gasteiger charge is -2.17. The van der Waals surface area contributed by atoms with Gasteiger partial charge in [0.15, 0.2) is 0 Å². The van der Waals surface area contributed by atoms with Gasteiger partial charge < -0.3 is 9.15 Å². The number of benzene rings is 2. The number of pyridine rings is 1. The van der Waals surface area contributed by atoms with E-state index < -0.39 is 0 Å². The lowest BCUT2D eigenvalue weighted by molar-refractivity contribution is 0.314. The van der Waals surface area contributed by atoms with Crippen LogP contribution < -0.4 is 4.74 Å². The number of hydrogen-bond acceptors (Lipinski definition) is 5. The summed E-state index contributed by atoms with van der Waals surface area (Å²) in [5.41, 5.74) is 3.76. The van der Waals surface area contributed by atoms with Gasteiger partial charge in [-0.1, -0.05) is 35.9 Å². The van der Waals surface area contributed by atoms with Crippen molar-refractivity contribution in [3.05, 3.63) is 76.8 Å². The van der Waals surface area contributed by atoms with Gasteiger partial charge in [-0.15, -0.1) is 0 Å². The van der Waals surface area contributed by atoms with Gasteiger partial charge in [0.1, 0.15) is 17.0 Å². The average Bonchev–Trinajstić information content (AvgIpc) is 3.08. The third kappa shape index (κ3) is 3.97. The van der Waals surface area contributed by atoms with Crippen molar-refractivity contribution in [2.45, 2.75) is 20.0 Å². The predicted molar refractivity (Wildman–Crippen MR) is 115 cm³/mol. The van der Waals surface area contributed by atoms with Gasteiger partial charge in [0.25, 0.3) is 0 Å². The first-order valence-electron chi connectivity index (χ1n) is 9.37. The Morgan fingerprint density at radius 2 is 1.90 bits per heavy atom. The zero-order valence-corrected chi connectivity index (χ0v) is 17.4. The second-order valence-electron chi connectivity index (χ2n) is 7.00. The van der Waals surface area contributed by atoms with Crippen LogP contribution in [-0.2, 0) is 13.1 Å². The number of aromatic nitrogens is 2. The number of hydrogen-bond donors (Lipinski definition) is 0. The highest BCUT2D eigenvalue weighted by atomic mass is 35.5. The summed E-state index contributed by atoms with van der Waals surface area (Å²) < 4.78 is 11.3. The van der Waals surface area contributed by atoms with Crippen molar-refractivity contribution in [1.29, 1.82) is 0 Å². The van der Waals surface area contributed by atoms with Crippen molar-refractivity contribution in [3.8, 4) is 17.2 Å². The highest BCUT2D eigenvalue weighted by Crippen LogP contribution is 2.30. The summed E-state index contributed by atoms with van der Waals surface area (Å²) in [4.78, 5) is 11.4. The van der Waals surface area contributed by atoms with Crippen LogP contribution in [0, 0.1) is 6.92 Å². The molecule has 0 atom stereocenters. The smallest absolute Gasteiger partial charge is 0.228 e. The Balaban J connectivity index is 1.56. The molecular weight excluding hydrogens is 386 g/mol. The van der Waals surface area contributed by atoms with E-state index in [1.807, 2.05) is 43.3 Å². The SMILES string of the molecule is COc1ccc(CN(C)Cc2nc(-c3ccccc3Cl)oc2C)c2cccnc12. The lowest BCUT2D eigenvalue weighted by atomic mass is 10.1. The van der Waals surface area contributed by atoms with Crippen molar-refractivity contribution in [3.63, 3.8) is 0 Å². The van der Waals surface area contributed by atoms with Crippen molar-refractivity contribution in [2.24, 2.45) is 0 Å². The van der Waals surface area contributed by atoms with Gasteiger partial charge in [0, 0.05) is 24.7 Å². The molecule has 0 bridgehead atoms. The van der Waals surface area contributed by atoms with Gasteiger partial charge in [-0.25, -0.2) is 4.98 Å². The Bertz CT molecular complexity index is 1160. The van der Waals surface area contributed by atoms with Crippen molar-refractivity contribution in [1.82, 2.24) is 14.9 Å². The minimum absolute atomic E-state index is 0.551. The van der Waals surface area contributed by atoms with Gasteiger partial charge in [-0.2, -0.15) is 0 Å². The van der Waals surface area contributed by atoms with E-state index in [-0.39, 0.29) is 0 Å². The first kappa shape index (κ1) is 19.4. The number of fused-ring (bicyclic) bond motifs is 1. The fourth-order valence-electron chi connectivity index (χ4n) is 3.44. The van der Waals surface area contributed by atoms with Crippen molar-refractivity contribution >= 4 is 22.5 Å². The minimum Gasteiger partial charge on any atom is -0.494 e. The molecule has 0 N–H and O–H groups in total. The predicted octanol–water partition coefficient (Wildman–Crippen LogP) is 5.49. The monoisotopic (exact) mass is 407 g/mol. The standard InChI is InChI=1S/C23H22ClN3O2/c1-15-20(26-23(29-15)18-7-4-5-9-19(18)24)14-27(2)13-16-10-11-21(28-3)22-17(16)8-6-12-25-22/h4-12H,13-14H2,1-3H3. The molecule has 0 radical (unpaired) electrons. The molecule has 0 saturated heterocycles. The Hall–Kier alpha value is -2.89. The third-order valence-corrected chi connectivity index (χ3v) is 5.23. The van der Waals surface area contributed by atoms with E-state index in [0.29, 0.717) is 17.5 Å². The van der Waals surface area contributed by atoms with Crippen LogP contribution in [0.25, 0.3) is 22.4 Å². The van der Waals surface area contributed by atoms with Crippen LogP contribution in [0.15, 0.2) is 59.1 Å². The van der Waals surface area contributed by atoms with E-state index in [1.165, 1.54) is 5.56 Å². The molecular formula is C23H22ClN3O2. The van der Waals surface area contributed by atoms with E-state index in [4.69, 9.17) is 20.8 Å². The Morgan fingerprint density at radius 1 is 1.07 bits per heavy atom. The number of nitrogens with zero attached hydrogens (tertiary/aromatic N) is 3. The van der Waals surface area contributed by atoms with Crippen molar-refractivity contribution in [2.75, 3.05) is 14.2 Å². The van der Waals surface area contributed by atoms with Crippen LogP contribution in [0.3, 0.4) is 0 Å². The van der Waals surface area contributed by atoms with E-state index >= 15 is 0 Å². The summed E-state index contributed by atoms with van der Waals surface area (Å²) in [5.74, 6) is 2.13. The molecule has 6 heteroatoms. The molecule has 148 valence electrons. The Morgan fingerprint density at radius 3 is 2.69 bits per heavy atom. The van der Waals surface area contributed by atoms with Crippen LogP contribution >= 0.6 is 11.6 Å². The maximum absolute atomic E-state index is 6.29. The van der Waals surface area contributed by atoms with Crippen molar-refractivity contribution < 1.29 is 9.15 Å². The van der Waals surface area contributed by atoms with Crippen LogP contribution in [0.5, 0.6) is 5.75 Å². The van der Waals surface area contributed by atoms with Crippen LogP contribution in [0.2, 0.25) is 5.02 Å². The molecule has 0 aliphatic carbocycles. The Kier molecular flexibility index (Phi) is 5.51. The maximum Gasteiger partial charge on any atom is 0.228 e. The highest BCUT2D eigenvalue weighted by molar-refractivity contribution is 6.33. The number of oxazole rings is 1. The molecule has 4 aromatic rings. The molecule has 0 spiro atoms. The molecule has 0 saturated carbocycles. The molecule has 4 rings (SSSR count). The van der Waals surface area contributed by atoms with Crippen LogP contribution in [-0.4, -0.2) is 29.0 Å². The normalized spacial score (nSPS) is 11.3. The fourth-order valence-corrected chi connectivity index (χ4v) is 3.65. The number of aryl methyl sites for hydroxylation is 1. The van der Waals surface area contributed by atoms with E-state index in [1.54, 1.807) is 13.3 Å². The van der Waals surface area contributed by atoms with E-state index in [2.05, 4.69) is 34.0 Å². The molecule has 0 unspecified atom stereocenters. The number of rotatable bonds is 6. The number of ether oxygens (including phenoxy) is 1. The summed E-state index contributed by atoms with van der Waals surface area (Å²) in [5, 5.41) is 1.72. The van der Waals surface area contributed by atoms with Crippen LogP contribution in [0.4, 0.5) is 0 Å². The molecule has 0 amide bonds. The zero-order chi connectivity index (χ0) is 20.4. The second-order valence-corrected chi connectivity index (χ2v) is 7.41. The summed E-state index contributed by atoms with van der Waals surface area (Å²) >= 11 is 6.29. The Labute approximate surface area is 174 Å². The first-order valence-corrected chi connectivity index (χ1v) is 9.75. The van der Waals surface area contributed by atoms with E-state index in [0.717, 1.165) is 40.2 Å².